The van der Waals surface area contributed by atoms with Gasteiger partial charge < -0.3 is 20.1 Å². The second-order valence-corrected chi connectivity index (χ2v) is 6.40. The van der Waals surface area contributed by atoms with Crippen LogP contribution in [0.1, 0.15) is 27.6 Å². The molecule has 158 valence electrons. The first kappa shape index (κ1) is 23.1. The topological polar surface area (TPSA) is 88.7 Å². The first-order valence-electron chi connectivity index (χ1n) is 9.46. The summed E-state index contributed by atoms with van der Waals surface area (Å²) >= 11 is 5.26. The SMILES string of the molecule is C=CCNC(=O)c1ccccc1NC(=S)NC(=O)c1ccccc1OCCOCC. The van der Waals surface area contributed by atoms with Gasteiger partial charge in [-0.25, -0.2) is 0 Å². The molecule has 7 nitrogen and oxygen atoms in total. The van der Waals surface area contributed by atoms with Crippen molar-refractivity contribution < 1.29 is 19.1 Å². The van der Waals surface area contributed by atoms with Crippen LogP contribution in [-0.4, -0.2) is 43.3 Å². The molecule has 0 heterocycles. The Labute approximate surface area is 181 Å². The molecule has 2 rings (SSSR count). The summed E-state index contributed by atoms with van der Waals surface area (Å²) in [4.78, 5) is 25.0. The summed E-state index contributed by atoms with van der Waals surface area (Å²) in [6, 6.07) is 13.7. The van der Waals surface area contributed by atoms with Crippen molar-refractivity contribution in [3.8, 4) is 5.75 Å². The van der Waals surface area contributed by atoms with Gasteiger partial charge in [-0.1, -0.05) is 30.3 Å². The van der Waals surface area contributed by atoms with Crippen molar-refractivity contribution in [2.24, 2.45) is 0 Å². The van der Waals surface area contributed by atoms with Crippen LogP contribution in [0.25, 0.3) is 0 Å². The Balaban J connectivity index is 2.03. The summed E-state index contributed by atoms with van der Waals surface area (Å²) in [5.41, 5.74) is 1.22. The zero-order valence-electron chi connectivity index (χ0n) is 16.8. The highest BCUT2D eigenvalue weighted by Gasteiger charge is 2.15. The number of carbonyl (C=O) groups is 2. The second kappa shape index (κ2) is 12.4. The number of amides is 2. The minimum Gasteiger partial charge on any atom is -0.490 e. The van der Waals surface area contributed by atoms with E-state index in [0.29, 0.717) is 48.9 Å². The smallest absolute Gasteiger partial charge is 0.261 e. The highest BCUT2D eigenvalue weighted by Crippen LogP contribution is 2.18. The summed E-state index contributed by atoms with van der Waals surface area (Å²) in [5.74, 6) is -0.269. The van der Waals surface area contributed by atoms with Crippen LogP contribution in [0.4, 0.5) is 5.69 Å². The fourth-order valence-electron chi connectivity index (χ4n) is 2.51. The van der Waals surface area contributed by atoms with E-state index in [-0.39, 0.29) is 11.0 Å². The van der Waals surface area contributed by atoms with Gasteiger partial charge in [-0.3, -0.25) is 14.9 Å². The van der Waals surface area contributed by atoms with E-state index in [1.165, 1.54) is 0 Å². The molecule has 0 spiro atoms. The van der Waals surface area contributed by atoms with Crippen molar-refractivity contribution in [2.75, 3.05) is 31.7 Å². The fourth-order valence-corrected chi connectivity index (χ4v) is 2.71. The normalized spacial score (nSPS) is 10.0. The highest BCUT2D eigenvalue weighted by atomic mass is 32.1. The molecule has 0 bridgehead atoms. The van der Waals surface area contributed by atoms with Gasteiger partial charge in [-0.15, -0.1) is 6.58 Å². The summed E-state index contributed by atoms with van der Waals surface area (Å²) in [7, 11) is 0. The molecule has 30 heavy (non-hydrogen) atoms. The quantitative estimate of drug-likeness (QED) is 0.307. The van der Waals surface area contributed by atoms with E-state index < -0.39 is 5.91 Å². The zero-order chi connectivity index (χ0) is 21.8. The third-order valence-corrected chi connectivity index (χ3v) is 4.08. The average molecular weight is 428 g/mol. The molecule has 2 aromatic carbocycles. The molecule has 0 aromatic heterocycles. The Bertz CT molecular complexity index is 901. The molecule has 0 saturated heterocycles. The Hall–Kier alpha value is -3.23. The van der Waals surface area contributed by atoms with E-state index in [0.717, 1.165) is 0 Å². The zero-order valence-corrected chi connectivity index (χ0v) is 17.6. The minimum atomic E-state index is -0.423. The van der Waals surface area contributed by atoms with Gasteiger partial charge in [0.15, 0.2) is 5.11 Å². The number of anilines is 1. The maximum Gasteiger partial charge on any atom is 0.261 e. The van der Waals surface area contributed by atoms with Crippen molar-refractivity contribution in [1.29, 1.82) is 0 Å². The van der Waals surface area contributed by atoms with Crippen LogP contribution >= 0.6 is 12.2 Å². The van der Waals surface area contributed by atoms with Crippen molar-refractivity contribution in [3.05, 3.63) is 72.3 Å². The number of ether oxygens (including phenoxy) is 2. The van der Waals surface area contributed by atoms with E-state index in [2.05, 4.69) is 22.5 Å². The first-order valence-corrected chi connectivity index (χ1v) is 9.87. The maximum atomic E-state index is 12.7. The van der Waals surface area contributed by atoms with Crippen LogP contribution in [0.3, 0.4) is 0 Å². The predicted molar refractivity (Wildman–Crippen MR) is 121 cm³/mol. The molecule has 0 aliphatic carbocycles. The monoisotopic (exact) mass is 427 g/mol. The summed E-state index contributed by atoms with van der Waals surface area (Å²) in [5, 5.41) is 8.29. The van der Waals surface area contributed by atoms with Crippen molar-refractivity contribution in [3.63, 3.8) is 0 Å². The van der Waals surface area contributed by atoms with E-state index >= 15 is 0 Å². The molecule has 0 fully saturated rings. The number of carbonyl (C=O) groups excluding carboxylic acids is 2. The van der Waals surface area contributed by atoms with Crippen LogP contribution in [0.15, 0.2) is 61.2 Å². The van der Waals surface area contributed by atoms with Gasteiger partial charge in [0, 0.05) is 13.2 Å². The van der Waals surface area contributed by atoms with Crippen LogP contribution in [0.2, 0.25) is 0 Å². The summed E-state index contributed by atoms with van der Waals surface area (Å²) in [6.07, 6.45) is 1.59. The number of hydrogen-bond acceptors (Lipinski definition) is 5. The maximum absolute atomic E-state index is 12.7. The van der Waals surface area contributed by atoms with Crippen LogP contribution in [0, 0.1) is 0 Å². The van der Waals surface area contributed by atoms with Crippen molar-refractivity contribution in [1.82, 2.24) is 10.6 Å². The van der Waals surface area contributed by atoms with Crippen molar-refractivity contribution in [2.45, 2.75) is 6.92 Å². The van der Waals surface area contributed by atoms with Crippen LogP contribution in [-0.2, 0) is 4.74 Å². The number of hydrogen-bond donors (Lipinski definition) is 3. The van der Waals surface area contributed by atoms with Crippen LogP contribution < -0.4 is 20.7 Å². The lowest BCUT2D eigenvalue weighted by atomic mass is 10.1. The lowest BCUT2D eigenvalue weighted by molar-refractivity contribution is 0.0952. The third-order valence-electron chi connectivity index (χ3n) is 3.87. The van der Waals surface area contributed by atoms with E-state index in [1.54, 1.807) is 54.6 Å². The molecule has 2 aromatic rings. The molecule has 3 N–H and O–H groups in total. The molecule has 0 unspecified atom stereocenters. The fraction of sp³-hybridized carbons (Fsp3) is 0.227. The van der Waals surface area contributed by atoms with E-state index in [1.807, 2.05) is 6.92 Å². The minimum absolute atomic E-state index is 0.0630. The number of thiocarbonyl (C=S) groups is 1. The number of para-hydroxylation sites is 2. The molecule has 0 atom stereocenters. The van der Waals surface area contributed by atoms with Crippen molar-refractivity contribution >= 4 is 34.8 Å². The van der Waals surface area contributed by atoms with Gasteiger partial charge in [-0.2, -0.15) is 0 Å². The highest BCUT2D eigenvalue weighted by molar-refractivity contribution is 7.80. The summed E-state index contributed by atoms with van der Waals surface area (Å²) < 4.78 is 10.9. The van der Waals surface area contributed by atoms with Crippen LogP contribution in [0.5, 0.6) is 5.75 Å². The summed E-state index contributed by atoms with van der Waals surface area (Å²) in [6.45, 7) is 7.17. The number of benzene rings is 2. The molecule has 8 heteroatoms. The molecule has 0 aliphatic heterocycles. The number of nitrogens with one attached hydrogen (secondary N) is 3. The Morgan fingerprint density at radius 2 is 1.73 bits per heavy atom. The second-order valence-electron chi connectivity index (χ2n) is 5.99. The molecule has 0 radical (unpaired) electrons. The predicted octanol–water partition coefficient (Wildman–Crippen LogP) is 3.14. The van der Waals surface area contributed by atoms with Gasteiger partial charge in [0.1, 0.15) is 12.4 Å². The number of rotatable bonds is 10. The van der Waals surface area contributed by atoms with E-state index in [4.69, 9.17) is 21.7 Å². The third kappa shape index (κ3) is 6.98. The Morgan fingerprint density at radius 3 is 2.47 bits per heavy atom. The van der Waals surface area contributed by atoms with E-state index in [9.17, 15) is 9.59 Å². The van der Waals surface area contributed by atoms with Gasteiger partial charge >= 0.3 is 0 Å². The van der Waals surface area contributed by atoms with Gasteiger partial charge in [0.2, 0.25) is 0 Å². The van der Waals surface area contributed by atoms with Gasteiger partial charge in [-0.05, 0) is 43.4 Å². The lowest BCUT2D eigenvalue weighted by Gasteiger charge is -2.15. The first-order chi connectivity index (χ1) is 14.6. The van der Waals surface area contributed by atoms with Gasteiger partial charge in [0.25, 0.3) is 11.8 Å². The molecule has 2 amide bonds. The van der Waals surface area contributed by atoms with Gasteiger partial charge in [0.05, 0.1) is 23.4 Å². The molecular weight excluding hydrogens is 402 g/mol. The molecule has 0 saturated carbocycles. The average Bonchev–Trinajstić information content (AvgIpc) is 2.75. The lowest BCUT2D eigenvalue weighted by Crippen LogP contribution is -2.35. The molecule has 0 aliphatic rings. The molecular formula is C22H25N3O4S. The Morgan fingerprint density at radius 1 is 1.03 bits per heavy atom. The standard InChI is InChI=1S/C22H25N3O4S/c1-3-13-23-20(26)16-9-5-7-11-18(16)24-22(30)25-21(27)17-10-6-8-12-19(17)29-15-14-28-4-2/h3,5-12H,1,4,13-15H2,2H3,(H,23,26)(H2,24,25,27,30). The Kier molecular flexibility index (Phi) is 9.50. The largest absolute Gasteiger partial charge is 0.490 e.